The van der Waals surface area contributed by atoms with Gasteiger partial charge in [0.15, 0.2) is 0 Å². The van der Waals surface area contributed by atoms with E-state index in [4.69, 9.17) is 0 Å². The molecule has 1 aromatic heterocycles. The van der Waals surface area contributed by atoms with Crippen LogP contribution in [-0.4, -0.2) is 16.4 Å². The van der Waals surface area contributed by atoms with E-state index in [1.54, 1.807) is 0 Å². The second kappa shape index (κ2) is 4.09. The average Bonchev–Trinajstić information content (AvgIpc) is 2.30. The number of hydrogen-bond donors (Lipinski definition) is 0. The topological polar surface area (TPSA) is 16.1 Å². The van der Waals surface area contributed by atoms with E-state index in [0.717, 1.165) is 12.2 Å². The van der Waals surface area contributed by atoms with Crippen molar-refractivity contribution in [1.82, 2.24) is 9.88 Å². The molecule has 1 atom stereocenters. The normalized spacial score (nSPS) is 17.1. The molecule has 0 saturated heterocycles. The van der Waals surface area contributed by atoms with Gasteiger partial charge >= 0.3 is 0 Å². The van der Waals surface area contributed by atoms with Crippen LogP contribution in [0.25, 0.3) is 0 Å². The van der Waals surface area contributed by atoms with Crippen molar-refractivity contribution < 1.29 is 0 Å². The molecular weight excluding hydrogens is 172 g/mol. The van der Waals surface area contributed by atoms with Crippen LogP contribution in [0, 0.1) is 0 Å². The van der Waals surface area contributed by atoms with Gasteiger partial charge in [-0.05, 0) is 25.1 Å². The molecule has 14 heavy (non-hydrogen) atoms. The SMILES string of the molecule is CC(c1ccccn1)N1C=CC=CC1. The summed E-state index contributed by atoms with van der Waals surface area (Å²) in [5, 5.41) is 0. The van der Waals surface area contributed by atoms with Crippen LogP contribution in [0.3, 0.4) is 0 Å². The zero-order valence-electron chi connectivity index (χ0n) is 8.30. The first-order chi connectivity index (χ1) is 6.88. The number of nitrogens with zero attached hydrogens (tertiary/aromatic N) is 2. The van der Waals surface area contributed by atoms with Gasteiger partial charge in [0, 0.05) is 18.9 Å². The van der Waals surface area contributed by atoms with Gasteiger partial charge in [-0.15, -0.1) is 0 Å². The van der Waals surface area contributed by atoms with Gasteiger partial charge in [0.05, 0.1) is 11.7 Å². The zero-order chi connectivity index (χ0) is 9.80. The van der Waals surface area contributed by atoms with Crippen molar-refractivity contribution in [3.63, 3.8) is 0 Å². The van der Waals surface area contributed by atoms with Crippen molar-refractivity contribution >= 4 is 0 Å². The van der Waals surface area contributed by atoms with E-state index < -0.39 is 0 Å². The van der Waals surface area contributed by atoms with Crippen molar-refractivity contribution in [3.05, 3.63) is 54.5 Å². The van der Waals surface area contributed by atoms with Gasteiger partial charge in [0.25, 0.3) is 0 Å². The first kappa shape index (κ1) is 9.00. The lowest BCUT2D eigenvalue weighted by Gasteiger charge is -2.27. The molecule has 1 aromatic rings. The predicted octanol–water partition coefficient (Wildman–Crippen LogP) is 2.53. The second-order valence-corrected chi connectivity index (χ2v) is 3.40. The third-order valence-corrected chi connectivity index (χ3v) is 2.45. The minimum absolute atomic E-state index is 0.345. The largest absolute Gasteiger partial charge is 0.365 e. The second-order valence-electron chi connectivity index (χ2n) is 3.40. The lowest BCUT2D eigenvalue weighted by atomic mass is 10.1. The Kier molecular flexibility index (Phi) is 2.63. The number of allylic oxidation sites excluding steroid dienone is 2. The smallest absolute Gasteiger partial charge is 0.0683 e. The van der Waals surface area contributed by atoms with E-state index in [0.29, 0.717) is 6.04 Å². The molecule has 2 rings (SSSR count). The fourth-order valence-electron chi connectivity index (χ4n) is 1.56. The highest BCUT2D eigenvalue weighted by Gasteiger charge is 2.12. The summed E-state index contributed by atoms with van der Waals surface area (Å²) in [5.41, 5.74) is 1.12. The molecule has 0 spiro atoms. The monoisotopic (exact) mass is 186 g/mol. The van der Waals surface area contributed by atoms with Crippen LogP contribution in [0.15, 0.2) is 48.8 Å². The first-order valence-electron chi connectivity index (χ1n) is 4.88. The Morgan fingerprint density at radius 1 is 1.36 bits per heavy atom. The molecule has 0 N–H and O–H groups in total. The van der Waals surface area contributed by atoms with Crippen LogP contribution in [-0.2, 0) is 0 Å². The molecule has 2 heterocycles. The number of hydrogen-bond acceptors (Lipinski definition) is 2. The van der Waals surface area contributed by atoms with Crippen molar-refractivity contribution in [3.8, 4) is 0 Å². The van der Waals surface area contributed by atoms with Crippen LogP contribution < -0.4 is 0 Å². The van der Waals surface area contributed by atoms with E-state index >= 15 is 0 Å². The Morgan fingerprint density at radius 3 is 2.93 bits per heavy atom. The summed E-state index contributed by atoms with van der Waals surface area (Å²) in [6, 6.07) is 6.39. The number of aromatic nitrogens is 1. The molecule has 72 valence electrons. The maximum atomic E-state index is 4.35. The van der Waals surface area contributed by atoms with Crippen LogP contribution >= 0.6 is 0 Å². The van der Waals surface area contributed by atoms with Gasteiger partial charge < -0.3 is 4.90 Å². The Bertz CT molecular complexity index is 341. The Labute approximate surface area is 84.6 Å². The third kappa shape index (κ3) is 1.84. The van der Waals surface area contributed by atoms with Gasteiger partial charge in [-0.1, -0.05) is 18.2 Å². The van der Waals surface area contributed by atoms with Crippen molar-refractivity contribution in [1.29, 1.82) is 0 Å². The van der Waals surface area contributed by atoms with E-state index in [9.17, 15) is 0 Å². The summed E-state index contributed by atoms with van der Waals surface area (Å²) < 4.78 is 0. The minimum atomic E-state index is 0.345. The van der Waals surface area contributed by atoms with Crippen LogP contribution in [0.2, 0.25) is 0 Å². The maximum Gasteiger partial charge on any atom is 0.0683 e. The fourth-order valence-corrected chi connectivity index (χ4v) is 1.56. The van der Waals surface area contributed by atoms with Gasteiger partial charge in [0.2, 0.25) is 0 Å². The summed E-state index contributed by atoms with van der Waals surface area (Å²) in [7, 11) is 0. The molecule has 0 amide bonds. The molecule has 0 fully saturated rings. The molecule has 1 unspecified atom stereocenters. The van der Waals surface area contributed by atoms with Gasteiger partial charge in [0.1, 0.15) is 0 Å². The van der Waals surface area contributed by atoms with E-state index in [1.807, 2.05) is 18.3 Å². The molecule has 2 nitrogen and oxygen atoms in total. The van der Waals surface area contributed by atoms with E-state index in [1.165, 1.54) is 0 Å². The highest BCUT2D eigenvalue weighted by atomic mass is 15.1. The Balaban J connectivity index is 2.12. The van der Waals surface area contributed by atoms with Gasteiger partial charge in [-0.3, -0.25) is 4.98 Å². The van der Waals surface area contributed by atoms with Gasteiger partial charge in [-0.25, -0.2) is 0 Å². The number of rotatable bonds is 2. The van der Waals surface area contributed by atoms with E-state index in [-0.39, 0.29) is 0 Å². The maximum absolute atomic E-state index is 4.35. The summed E-state index contributed by atoms with van der Waals surface area (Å²) in [5.74, 6) is 0. The van der Waals surface area contributed by atoms with Crippen molar-refractivity contribution in [2.24, 2.45) is 0 Å². The lowest BCUT2D eigenvalue weighted by molar-refractivity contribution is 0.320. The molecule has 0 saturated carbocycles. The van der Waals surface area contributed by atoms with Crippen LogP contribution in [0.1, 0.15) is 18.7 Å². The third-order valence-electron chi connectivity index (χ3n) is 2.45. The van der Waals surface area contributed by atoms with Crippen molar-refractivity contribution in [2.45, 2.75) is 13.0 Å². The van der Waals surface area contributed by atoms with Crippen LogP contribution in [0.4, 0.5) is 0 Å². The number of pyridine rings is 1. The van der Waals surface area contributed by atoms with E-state index in [2.05, 4.69) is 47.3 Å². The molecular formula is C12H14N2. The van der Waals surface area contributed by atoms with Crippen LogP contribution in [0.5, 0.6) is 0 Å². The highest BCUT2D eigenvalue weighted by Crippen LogP contribution is 2.19. The minimum Gasteiger partial charge on any atom is -0.365 e. The molecule has 1 aliphatic rings. The quantitative estimate of drug-likeness (QED) is 0.705. The van der Waals surface area contributed by atoms with Crippen molar-refractivity contribution in [2.75, 3.05) is 6.54 Å². The predicted molar refractivity (Wildman–Crippen MR) is 57.6 cm³/mol. The Hall–Kier alpha value is -1.57. The zero-order valence-corrected chi connectivity index (χ0v) is 8.30. The fraction of sp³-hybridized carbons (Fsp3) is 0.250. The summed E-state index contributed by atoms with van der Waals surface area (Å²) in [4.78, 5) is 6.62. The average molecular weight is 186 g/mol. The standard InChI is InChI=1S/C12H14N2/c1-11(12-7-3-4-8-13-12)14-9-5-2-6-10-14/h2-9,11H,10H2,1H3. The lowest BCUT2D eigenvalue weighted by Crippen LogP contribution is -2.23. The highest BCUT2D eigenvalue weighted by molar-refractivity contribution is 5.14. The molecule has 0 aliphatic carbocycles. The Morgan fingerprint density at radius 2 is 2.29 bits per heavy atom. The molecule has 0 bridgehead atoms. The van der Waals surface area contributed by atoms with Gasteiger partial charge in [-0.2, -0.15) is 0 Å². The molecule has 0 aromatic carbocycles. The molecule has 1 aliphatic heterocycles. The summed E-state index contributed by atoms with van der Waals surface area (Å²) in [6.07, 6.45) is 10.2. The molecule has 2 heteroatoms. The summed E-state index contributed by atoms with van der Waals surface area (Å²) in [6.45, 7) is 3.14. The molecule has 0 radical (unpaired) electrons. The first-order valence-corrected chi connectivity index (χ1v) is 4.88. The summed E-state index contributed by atoms with van der Waals surface area (Å²) >= 11 is 0.